The van der Waals surface area contributed by atoms with Gasteiger partial charge >= 0.3 is 0 Å². The predicted octanol–water partition coefficient (Wildman–Crippen LogP) is 5.62. The molecule has 0 aromatic carbocycles. The van der Waals surface area contributed by atoms with Gasteiger partial charge in [-0.1, -0.05) is 41.5 Å². The van der Waals surface area contributed by atoms with Crippen LogP contribution in [0.5, 0.6) is 0 Å². The molecule has 0 saturated heterocycles. The van der Waals surface area contributed by atoms with Crippen molar-refractivity contribution in [3.05, 3.63) is 23.0 Å². The van der Waals surface area contributed by atoms with Gasteiger partial charge in [-0.15, -0.1) is 0 Å². The smallest absolute Gasteiger partial charge is 0.272 e. The van der Waals surface area contributed by atoms with E-state index >= 15 is 0 Å². The topological polar surface area (TPSA) is 144 Å². The highest BCUT2D eigenvalue weighted by Crippen LogP contribution is 2.38. The number of ether oxygens (including phenoxy) is 6. The highest BCUT2D eigenvalue weighted by molar-refractivity contribution is 6.03. The second-order valence-corrected chi connectivity index (χ2v) is 15.8. The van der Waals surface area contributed by atoms with E-state index in [1.807, 2.05) is 13.8 Å². The second kappa shape index (κ2) is 22.6. The zero-order chi connectivity index (χ0) is 37.0. The minimum atomic E-state index is -0.695. The van der Waals surface area contributed by atoms with Gasteiger partial charge in [0.05, 0.1) is 75.3 Å². The number of nitrogens with two attached hydrogens (primary N) is 1. The molecule has 0 atom stereocenters. The minimum absolute atomic E-state index is 0.125. The average Bonchev–Trinajstić information content (AvgIpc) is 3.21. The van der Waals surface area contributed by atoms with Crippen molar-refractivity contribution in [3.63, 3.8) is 0 Å². The van der Waals surface area contributed by atoms with Crippen LogP contribution < -0.4 is 11.1 Å². The maximum atomic E-state index is 13.3. The molecule has 2 amide bonds. The molecule has 2 rings (SSSR count). The molecule has 1 aliphatic rings. The summed E-state index contributed by atoms with van der Waals surface area (Å²) in [6.07, 6.45) is 5.67. The van der Waals surface area contributed by atoms with Gasteiger partial charge in [0.2, 0.25) is 0 Å². The molecular formula is C38H68N4O8. The number of nitrogen functional groups attached to an aromatic ring is 1. The Hall–Kier alpha value is -2.35. The molecule has 1 aromatic heterocycles. The van der Waals surface area contributed by atoms with Crippen molar-refractivity contribution < 1.29 is 38.0 Å². The molecule has 1 aromatic rings. The Morgan fingerprint density at radius 3 is 1.60 bits per heavy atom. The Morgan fingerprint density at radius 1 is 0.720 bits per heavy atom. The predicted molar refractivity (Wildman–Crippen MR) is 197 cm³/mol. The first-order chi connectivity index (χ1) is 23.6. The zero-order valence-electron chi connectivity index (χ0n) is 32.5. The Kier molecular flexibility index (Phi) is 19.8. The molecule has 0 unspecified atom stereocenters. The molecule has 50 heavy (non-hydrogen) atoms. The van der Waals surface area contributed by atoms with Crippen LogP contribution in [0.25, 0.3) is 0 Å². The van der Waals surface area contributed by atoms with E-state index in [0.717, 1.165) is 38.9 Å². The maximum Gasteiger partial charge on any atom is 0.272 e. The molecular weight excluding hydrogens is 640 g/mol. The first-order valence-electron chi connectivity index (χ1n) is 18.5. The quantitative estimate of drug-likeness (QED) is 0.111. The molecule has 0 fully saturated rings. The van der Waals surface area contributed by atoms with Crippen LogP contribution in [0.3, 0.4) is 0 Å². The average molecular weight is 709 g/mol. The van der Waals surface area contributed by atoms with Crippen LogP contribution in [0.1, 0.15) is 120 Å². The van der Waals surface area contributed by atoms with Gasteiger partial charge in [-0.2, -0.15) is 0 Å². The fourth-order valence-corrected chi connectivity index (χ4v) is 5.53. The van der Waals surface area contributed by atoms with Gasteiger partial charge in [-0.05, 0) is 69.3 Å². The lowest BCUT2D eigenvalue weighted by molar-refractivity contribution is 0.0104. The van der Waals surface area contributed by atoms with E-state index in [4.69, 9.17) is 34.2 Å². The van der Waals surface area contributed by atoms with Crippen molar-refractivity contribution in [1.82, 2.24) is 15.2 Å². The summed E-state index contributed by atoms with van der Waals surface area (Å²) < 4.78 is 33.7. The summed E-state index contributed by atoms with van der Waals surface area (Å²) in [5, 5.41) is 2.87. The number of carbonyl (C=O) groups excluding carboxylic acids is 2. The summed E-state index contributed by atoms with van der Waals surface area (Å²) in [5.41, 5.74) is 7.47. The summed E-state index contributed by atoms with van der Waals surface area (Å²) in [4.78, 5) is 32.6. The monoisotopic (exact) mass is 709 g/mol. The van der Waals surface area contributed by atoms with E-state index in [2.05, 4.69) is 51.8 Å². The molecule has 2 heterocycles. The Bertz CT molecular complexity index is 1130. The van der Waals surface area contributed by atoms with Crippen LogP contribution >= 0.6 is 0 Å². The maximum absolute atomic E-state index is 13.3. The third kappa shape index (κ3) is 17.2. The van der Waals surface area contributed by atoms with Gasteiger partial charge < -0.3 is 44.4 Å². The molecule has 0 saturated carbocycles. The van der Waals surface area contributed by atoms with E-state index in [0.29, 0.717) is 114 Å². The van der Waals surface area contributed by atoms with E-state index in [9.17, 15) is 9.59 Å². The normalized spacial score (nSPS) is 14.4. The lowest BCUT2D eigenvalue weighted by Gasteiger charge is -2.31. The minimum Gasteiger partial charge on any atom is -0.397 e. The van der Waals surface area contributed by atoms with Gasteiger partial charge in [0.15, 0.2) is 5.69 Å². The number of amides is 2. The summed E-state index contributed by atoms with van der Waals surface area (Å²) in [6.45, 7) is 24.9. The van der Waals surface area contributed by atoms with E-state index in [1.165, 1.54) is 0 Å². The van der Waals surface area contributed by atoms with Crippen molar-refractivity contribution in [3.8, 4) is 0 Å². The lowest BCUT2D eigenvalue weighted by Crippen LogP contribution is -2.40. The Labute approximate surface area is 301 Å². The lowest BCUT2D eigenvalue weighted by atomic mass is 9.91. The fraction of sp³-hybridized carbons (Fsp3) is 0.816. The van der Waals surface area contributed by atoms with Gasteiger partial charge in [0, 0.05) is 39.5 Å². The number of hydrogen-bond donors (Lipinski definition) is 2. The first-order valence-corrected chi connectivity index (χ1v) is 18.5. The molecule has 288 valence electrons. The van der Waals surface area contributed by atoms with Gasteiger partial charge in [0.25, 0.3) is 11.8 Å². The number of hydrogen-bond acceptors (Lipinski definition) is 10. The van der Waals surface area contributed by atoms with Crippen LogP contribution in [0.4, 0.5) is 5.69 Å². The molecule has 3 N–H and O–H groups in total. The fourth-order valence-electron chi connectivity index (χ4n) is 5.53. The Morgan fingerprint density at radius 2 is 1.14 bits per heavy atom. The van der Waals surface area contributed by atoms with Crippen molar-refractivity contribution in [2.75, 3.05) is 98.1 Å². The summed E-state index contributed by atoms with van der Waals surface area (Å²) >= 11 is 0. The first kappa shape index (κ1) is 43.8. The van der Waals surface area contributed by atoms with Gasteiger partial charge in [-0.25, -0.2) is 4.98 Å². The molecule has 0 radical (unpaired) electrons. The number of nitrogens with zero attached hydrogens (tertiary/aromatic N) is 2. The highest BCUT2D eigenvalue weighted by Gasteiger charge is 2.45. The van der Waals surface area contributed by atoms with Gasteiger partial charge in [-0.3, -0.25) is 9.59 Å². The molecule has 0 aliphatic carbocycles. The molecule has 0 spiro atoms. The number of fused-ring (bicyclic) bond motifs is 1. The van der Waals surface area contributed by atoms with Crippen molar-refractivity contribution in [1.29, 1.82) is 0 Å². The van der Waals surface area contributed by atoms with Crippen molar-refractivity contribution in [2.24, 2.45) is 10.8 Å². The van der Waals surface area contributed by atoms with E-state index in [-0.39, 0.29) is 23.2 Å². The summed E-state index contributed by atoms with van der Waals surface area (Å²) in [6, 6.07) is 1.57. The standard InChI is InChI=1S/C38H68N4O8/c1-36(2,3)13-9-17-45-21-25-49-27-23-47-19-11-15-40-34(43)32-31(39)29-30-33(41-32)38(7,8)42(35(30)44)16-12-20-48-24-28-50-26-22-46-18-10-14-37(4,5)6/h29H,9-28,39H2,1-8H3,(H,40,43). The van der Waals surface area contributed by atoms with Crippen molar-refractivity contribution >= 4 is 17.5 Å². The third-order valence-electron chi connectivity index (χ3n) is 8.34. The number of aromatic nitrogens is 1. The van der Waals surface area contributed by atoms with Crippen LogP contribution in [0, 0.1) is 10.8 Å². The summed E-state index contributed by atoms with van der Waals surface area (Å²) in [7, 11) is 0. The summed E-state index contributed by atoms with van der Waals surface area (Å²) in [5.74, 6) is -0.521. The molecule has 0 bridgehead atoms. The SMILES string of the molecule is CC(C)(C)CCCOCCOCCOCCCNC(=O)c1nc2c(cc1N)C(=O)N(CCCOCCOCCOCCCC(C)(C)C)C2(C)C. The van der Waals surface area contributed by atoms with Crippen molar-refractivity contribution in [2.45, 2.75) is 99.5 Å². The number of carbonyl (C=O) groups is 2. The molecule has 1 aliphatic heterocycles. The van der Waals surface area contributed by atoms with Crippen LogP contribution in [-0.2, 0) is 34.0 Å². The van der Waals surface area contributed by atoms with E-state index in [1.54, 1.807) is 11.0 Å². The van der Waals surface area contributed by atoms with Crippen LogP contribution in [-0.4, -0.2) is 114 Å². The largest absolute Gasteiger partial charge is 0.397 e. The molecule has 12 heteroatoms. The van der Waals surface area contributed by atoms with Crippen LogP contribution in [0.15, 0.2) is 6.07 Å². The number of pyridine rings is 1. The second-order valence-electron chi connectivity index (χ2n) is 15.8. The zero-order valence-corrected chi connectivity index (χ0v) is 32.5. The molecule has 12 nitrogen and oxygen atoms in total. The van der Waals surface area contributed by atoms with Gasteiger partial charge in [0.1, 0.15) is 0 Å². The third-order valence-corrected chi connectivity index (χ3v) is 8.34. The number of anilines is 1. The van der Waals surface area contributed by atoms with E-state index < -0.39 is 5.54 Å². The van der Waals surface area contributed by atoms with Crippen LogP contribution in [0.2, 0.25) is 0 Å². The number of rotatable bonds is 27. The highest BCUT2D eigenvalue weighted by atomic mass is 16.5. The number of nitrogens with one attached hydrogen (secondary N) is 1. The Balaban J connectivity index is 1.59.